The van der Waals surface area contributed by atoms with Crippen LogP contribution < -0.4 is 10.9 Å². The van der Waals surface area contributed by atoms with Gasteiger partial charge in [0.2, 0.25) is 5.78 Å². The van der Waals surface area contributed by atoms with E-state index in [1.807, 2.05) is 66.9 Å². The Bertz CT molecular complexity index is 1090. The number of aryl methyl sites for hydroxylation is 1. The zero-order valence-electron chi connectivity index (χ0n) is 16.3. The van der Waals surface area contributed by atoms with Crippen LogP contribution in [0.4, 0.5) is 0 Å². The summed E-state index contributed by atoms with van der Waals surface area (Å²) < 4.78 is 0. The van der Waals surface area contributed by atoms with Crippen molar-refractivity contribution in [1.29, 1.82) is 0 Å². The van der Waals surface area contributed by atoms with Gasteiger partial charge in [-0.15, -0.1) is 11.3 Å². The van der Waals surface area contributed by atoms with E-state index in [0.717, 1.165) is 16.0 Å². The topological polar surface area (TPSA) is 82.9 Å². The molecular weight excluding hydrogens is 396 g/mol. The third-order valence-corrected chi connectivity index (χ3v) is 5.66. The van der Waals surface area contributed by atoms with Gasteiger partial charge in [0, 0.05) is 10.4 Å². The summed E-state index contributed by atoms with van der Waals surface area (Å²) in [6.45, 7) is 1.97. The number of hydrogen-bond donors (Lipinski definition) is 2. The maximum Gasteiger partial charge on any atom is 0.265 e. The molecule has 3 aromatic rings. The molecule has 1 aromatic heterocycles. The first-order chi connectivity index (χ1) is 14.6. The van der Waals surface area contributed by atoms with Gasteiger partial charge in [0.1, 0.15) is 11.8 Å². The van der Waals surface area contributed by atoms with Crippen LogP contribution in [0.1, 0.15) is 32.3 Å². The van der Waals surface area contributed by atoms with Crippen LogP contribution in [0, 0.1) is 6.92 Å². The lowest BCUT2D eigenvalue weighted by Gasteiger charge is -2.19. The molecular formula is C23H20N4O2S. The minimum atomic E-state index is -0.739. The minimum absolute atomic E-state index is 0.200. The van der Waals surface area contributed by atoms with Crippen molar-refractivity contribution in [3.05, 3.63) is 93.7 Å². The van der Waals surface area contributed by atoms with Gasteiger partial charge in [-0.3, -0.25) is 15.0 Å². The van der Waals surface area contributed by atoms with Gasteiger partial charge in [0.25, 0.3) is 5.91 Å². The molecule has 1 aliphatic heterocycles. The molecule has 150 valence electrons. The van der Waals surface area contributed by atoms with Crippen LogP contribution in [0.3, 0.4) is 0 Å². The lowest BCUT2D eigenvalue weighted by atomic mass is 9.85. The zero-order chi connectivity index (χ0) is 20.9. The van der Waals surface area contributed by atoms with Gasteiger partial charge >= 0.3 is 0 Å². The van der Waals surface area contributed by atoms with E-state index in [1.165, 1.54) is 11.3 Å². The summed E-state index contributed by atoms with van der Waals surface area (Å²) in [5.41, 5.74) is 8.16. The second kappa shape index (κ2) is 8.84. The van der Waals surface area contributed by atoms with Crippen LogP contribution in [0.15, 0.2) is 82.3 Å². The fourth-order valence-corrected chi connectivity index (χ4v) is 3.89. The number of rotatable bonds is 6. The highest BCUT2D eigenvalue weighted by Crippen LogP contribution is 2.28. The monoisotopic (exact) mass is 416 g/mol. The number of hydrogen-bond acceptors (Lipinski definition) is 6. The van der Waals surface area contributed by atoms with Crippen LogP contribution >= 0.6 is 11.3 Å². The van der Waals surface area contributed by atoms with Gasteiger partial charge in [-0.25, -0.2) is 5.43 Å². The molecule has 0 fully saturated rings. The summed E-state index contributed by atoms with van der Waals surface area (Å²) in [4.78, 5) is 26.9. The van der Waals surface area contributed by atoms with E-state index in [4.69, 9.17) is 0 Å². The largest absolute Gasteiger partial charge is 0.296 e. The van der Waals surface area contributed by atoms with Gasteiger partial charge in [-0.05, 0) is 23.9 Å². The number of hydrazone groups is 2. The van der Waals surface area contributed by atoms with E-state index in [2.05, 4.69) is 21.1 Å². The molecule has 0 saturated heterocycles. The van der Waals surface area contributed by atoms with Gasteiger partial charge in [-0.2, -0.15) is 10.2 Å². The first-order valence-electron chi connectivity index (χ1n) is 9.49. The van der Waals surface area contributed by atoms with Gasteiger partial charge in [0.05, 0.1) is 12.1 Å². The van der Waals surface area contributed by atoms with Crippen molar-refractivity contribution in [3.8, 4) is 0 Å². The third-order valence-electron chi connectivity index (χ3n) is 4.85. The van der Waals surface area contributed by atoms with Gasteiger partial charge in [0.15, 0.2) is 0 Å². The standard InChI is InChI=1S/C23H20N4O2S/c1-15-9-11-17(12-10-15)22(28)20-19(16-6-3-2-4-7-16)21(26-25-20)23(29)27-24-14-18-8-5-13-30-18/h2-14,19,21,26H,1H3,(H,27,29)/b24-14-. The summed E-state index contributed by atoms with van der Waals surface area (Å²) in [6, 6.07) is 19.8. The molecule has 1 aliphatic rings. The molecule has 2 unspecified atom stereocenters. The fraction of sp³-hybridized carbons (Fsp3) is 0.130. The number of ketones is 1. The number of benzene rings is 2. The fourth-order valence-electron chi connectivity index (χ4n) is 3.30. The number of nitrogens with one attached hydrogen (secondary N) is 2. The summed E-state index contributed by atoms with van der Waals surface area (Å²) in [6.07, 6.45) is 1.59. The van der Waals surface area contributed by atoms with Crippen molar-refractivity contribution in [2.45, 2.75) is 18.9 Å². The summed E-state index contributed by atoms with van der Waals surface area (Å²) in [5.74, 6) is -1.07. The van der Waals surface area contributed by atoms with Crippen LogP contribution in [0.2, 0.25) is 0 Å². The van der Waals surface area contributed by atoms with Crippen molar-refractivity contribution in [1.82, 2.24) is 10.9 Å². The molecule has 0 radical (unpaired) electrons. The molecule has 0 saturated carbocycles. The highest BCUT2D eigenvalue weighted by Gasteiger charge is 2.41. The summed E-state index contributed by atoms with van der Waals surface area (Å²) >= 11 is 1.52. The zero-order valence-corrected chi connectivity index (χ0v) is 17.1. The first-order valence-corrected chi connectivity index (χ1v) is 10.4. The Morgan fingerprint density at radius 2 is 1.83 bits per heavy atom. The number of thiophene rings is 1. The second-order valence-electron chi connectivity index (χ2n) is 6.94. The normalized spacial score (nSPS) is 18.1. The Kier molecular flexibility index (Phi) is 5.81. The van der Waals surface area contributed by atoms with E-state index in [-0.39, 0.29) is 11.7 Å². The minimum Gasteiger partial charge on any atom is -0.296 e. The smallest absolute Gasteiger partial charge is 0.265 e. The van der Waals surface area contributed by atoms with Crippen LogP contribution in [0.5, 0.6) is 0 Å². The Hall–Kier alpha value is -3.58. The van der Waals surface area contributed by atoms with E-state index >= 15 is 0 Å². The maximum atomic E-state index is 13.1. The van der Waals surface area contributed by atoms with Crippen LogP contribution in [0.25, 0.3) is 0 Å². The lowest BCUT2D eigenvalue weighted by Crippen LogP contribution is -2.43. The molecule has 0 bridgehead atoms. The number of Topliss-reactive ketones (excluding diaryl/α,β-unsaturated/α-hetero) is 1. The van der Waals surface area contributed by atoms with Crippen molar-refractivity contribution in [2.24, 2.45) is 10.2 Å². The quantitative estimate of drug-likeness (QED) is 0.367. The Morgan fingerprint density at radius 3 is 2.53 bits per heavy atom. The highest BCUT2D eigenvalue weighted by atomic mass is 32.1. The van der Waals surface area contributed by atoms with Gasteiger partial charge in [-0.1, -0.05) is 66.2 Å². The molecule has 2 N–H and O–H groups in total. The maximum absolute atomic E-state index is 13.1. The Morgan fingerprint density at radius 1 is 1.07 bits per heavy atom. The number of carbonyl (C=O) groups excluding carboxylic acids is 2. The predicted octanol–water partition coefficient (Wildman–Crippen LogP) is 3.50. The summed E-state index contributed by atoms with van der Waals surface area (Å²) in [7, 11) is 0. The average Bonchev–Trinajstić information content (AvgIpc) is 3.44. The SMILES string of the molecule is Cc1ccc(C(=O)C2=NNC(C(=O)N/N=C\c3cccs3)C2c2ccccc2)cc1. The molecule has 0 aliphatic carbocycles. The van der Waals surface area contributed by atoms with E-state index < -0.39 is 12.0 Å². The van der Waals surface area contributed by atoms with E-state index in [0.29, 0.717) is 11.3 Å². The average molecular weight is 417 g/mol. The molecule has 4 rings (SSSR count). The Balaban J connectivity index is 1.58. The number of nitrogens with zero attached hydrogens (tertiary/aromatic N) is 2. The van der Waals surface area contributed by atoms with Crippen molar-refractivity contribution in [3.63, 3.8) is 0 Å². The second-order valence-corrected chi connectivity index (χ2v) is 7.92. The van der Waals surface area contributed by atoms with E-state index in [1.54, 1.807) is 18.3 Å². The highest BCUT2D eigenvalue weighted by molar-refractivity contribution is 7.11. The van der Waals surface area contributed by atoms with E-state index in [9.17, 15) is 9.59 Å². The third kappa shape index (κ3) is 4.21. The molecule has 1 amide bonds. The molecule has 6 nitrogen and oxygen atoms in total. The number of amides is 1. The van der Waals surface area contributed by atoms with Crippen molar-refractivity contribution in [2.75, 3.05) is 0 Å². The molecule has 2 aromatic carbocycles. The van der Waals surface area contributed by atoms with Crippen molar-refractivity contribution < 1.29 is 9.59 Å². The van der Waals surface area contributed by atoms with Crippen LogP contribution in [-0.2, 0) is 4.79 Å². The van der Waals surface area contributed by atoms with Gasteiger partial charge < -0.3 is 0 Å². The Labute approximate surface area is 178 Å². The molecule has 30 heavy (non-hydrogen) atoms. The lowest BCUT2D eigenvalue weighted by molar-refractivity contribution is -0.123. The predicted molar refractivity (Wildman–Crippen MR) is 119 cm³/mol. The molecule has 2 heterocycles. The molecule has 0 spiro atoms. The summed E-state index contributed by atoms with van der Waals surface area (Å²) in [5, 5.41) is 10.2. The number of carbonyl (C=O) groups is 2. The molecule has 2 atom stereocenters. The van der Waals surface area contributed by atoms with Crippen LogP contribution in [-0.4, -0.2) is 29.7 Å². The molecule has 7 heteroatoms. The first kappa shape index (κ1) is 19.7. The van der Waals surface area contributed by atoms with Crippen molar-refractivity contribution >= 4 is 35.0 Å².